The minimum absolute atomic E-state index is 0.145. The summed E-state index contributed by atoms with van der Waals surface area (Å²) >= 11 is 5.48. The Morgan fingerprint density at radius 2 is 1.97 bits per heavy atom. The van der Waals surface area contributed by atoms with Crippen molar-refractivity contribution in [1.82, 2.24) is 14.8 Å². The first-order valence-electron chi connectivity index (χ1n) is 12.5. The molecule has 5 rings (SSSR count). The standard InChI is InChI=1S/C20H26N4O3S.C7H7ClFN/c1-12-3-4-16(9-22-12)28(27)11-20(26)7-14-5-13(6-15(14)8-20)18-17(10-25)19(21)24(2)23-18;1-10-5-2-3-7(9)6(8)4-5/h3-4,9-10,13-15,26H,5-8,11,21H2,1-2H3;2-4,10H,1H3. The van der Waals surface area contributed by atoms with E-state index < -0.39 is 16.4 Å². The number of aliphatic hydroxyl groups is 1. The van der Waals surface area contributed by atoms with E-state index in [-0.39, 0.29) is 22.5 Å². The summed E-state index contributed by atoms with van der Waals surface area (Å²) in [5.41, 5.74) is 8.01. The van der Waals surface area contributed by atoms with E-state index in [2.05, 4.69) is 15.4 Å². The normalized spacial score (nSPS) is 24.8. The molecule has 4 N–H and O–H groups in total. The summed E-state index contributed by atoms with van der Waals surface area (Å²) in [5, 5.41) is 18.5. The molecular formula is C27H33ClFN5O3S. The molecule has 2 fully saturated rings. The molecule has 2 saturated carbocycles. The smallest absolute Gasteiger partial charge is 0.155 e. The lowest BCUT2D eigenvalue weighted by molar-refractivity contribution is 0.0620. The first-order valence-corrected chi connectivity index (χ1v) is 14.2. The number of hydrogen-bond acceptors (Lipinski definition) is 7. The number of rotatable bonds is 6. The molecule has 3 unspecified atom stereocenters. The molecule has 0 aliphatic heterocycles. The van der Waals surface area contributed by atoms with Crippen molar-refractivity contribution >= 4 is 40.2 Å². The van der Waals surface area contributed by atoms with Gasteiger partial charge in [0.25, 0.3) is 0 Å². The maximum Gasteiger partial charge on any atom is 0.155 e. The van der Waals surface area contributed by atoms with Crippen molar-refractivity contribution < 1.29 is 18.5 Å². The van der Waals surface area contributed by atoms with Gasteiger partial charge in [-0.25, -0.2) is 4.39 Å². The van der Waals surface area contributed by atoms with Crippen LogP contribution in [0.2, 0.25) is 5.02 Å². The maximum absolute atomic E-state index is 12.7. The number of halogens is 2. The van der Waals surface area contributed by atoms with Crippen molar-refractivity contribution in [3.63, 3.8) is 0 Å². The highest BCUT2D eigenvalue weighted by atomic mass is 35.5. The van der Waals surface area contributed by atoms with E-state index >= 15 is 0 Å². The van der Waals surface area contributed by atoms with Crippen molar-refractivity contribution in [2.24, 2.45) is 18.9 Å². The van der Waals surface area contributed by atoms with Gasteiger partial charge in [0.1, 0.15) is 11.6 Å². The van der Waals surface area contributed by atoms with Gasteiger partial charge in [-0.1, -0.05) is 11.6 Å². The van der Waals surface area contributed by atoms with Crippen molar-refractivity contribution in [2.75, 3.05) is 23.9 Å². The molecule has 0 spiro atoms. The van der Waals surface area contributed by atoms with Gasteiger partial charge in [0.15, 0.2) is 6.29 Å². The third-order valence-electron chi connectivity index (χ3n) is 7.54. The van der Waals surface area contributed by atoms with Crippen LogP contribution in [0, 0.1) is 24.6 Å². The lowest BCUT2D eigenvalue weighted by Crippen LogP contribution is -2.33. The Balaban J connectivity index is 0.000000283. The first-order chi connectivity index (χ1) is 18.0. The topological polar surface area (TPSA) is 123 Å². The molecule has 0 saturated heterocycles. The van der Waals surface area contributed by atoms with Crippen LogP contribution in [0.5, 0.6) is 0 Å². The van der Waals surface area contributed by atoms with E-state index in [0.29, 0.717) is 41.0 Å². The number of hydrogen-bond donors (Lipinski definition) is 3. The average Bonchev–Trinajstić information content (AvgIpc) is 3.50. The maximum atomic E-state index is 12.7. The molecule has 2 aliphatic rings. The fraction of sp³-hybridized carbons (Fsp3) is 0.444. The fourth-order valence-corrected chi connectivity index (χ4v) is 7.14. The van der Waals surface area contributed by atoms with Gasteiger partial charge < -0.3 is 16.2 Å². The van der Waals surface area contributed by atoms with E-state index in [1.807, 2.05) is 19.1 Å². The van der Waals surface area contributed by atoms with Gasteiger partial charge >= 0.3 is 0 Å². The van der Waals surface area contributed by atoms with Gasteiger partial charge in [0.2, 0.25) is 0 Å². The third-order valence-corrected chi connectivity index (χ3v) is 9.40. The predicted molar refractivity (Wildman–Crippen MR) is 147 cm³/mol. The summed E-state index contributed by atoms with van der Waals surface area (Å²) < 4.78 is 26.7. The second-order valence-corrected chi connectivity index (χ2v) is 12.1. The second-order valence-electron chi connectivity index (χ2n) is 10.3. The molecule has 2 aromatic heterocycles. The molecule has 38 heavy (non-hydrogen) atoms. The van der Waals surface area contributed by atoms with E-state index in [4.69, 9.17) is 17.3 Å². The van der Waals surface area contributed by atoms with Gasteiger partial charge in [-0.05, 0) is 74.8 Å². The van der Waals surface area contributed by atoms with Crippen LogP contribution in [0.1, 0.15) is 53.3 Å². The van der Waals surface area contributed by atoms with E-state index in [1.54, 1.807) is 31.0 Å². The zero-order valence-electron chi connectivity index (χ0n) is 21.7. The second kappa shape index (κ2) is 11.5. The quantitative estimate of drug-likeness (QED) is 0.379. The summed E-state index contributed by atoms with van der Waals surface area (Å²) in [6, 6.07) is 8.15. The first kappa shape index (κ1) is 28.2. The van der Waals surface area contributed by atoms with E-state index in [0.717, 1.165) is 36.2 Å². The van der Waals surface area contributed by atoms with Crippen molar-refractivity contribution in [3.05, 3.63) is 64.3 Å². The van der Waals surface area contributed by atoms with Crippen LogP contribution in [0.25, 0.3) is 0 Å². The number of aromatic nitrogens is 3. The minimum atomic E-state index is -1.27. The Hall–Kier alpha value is -2.82. The number of carbonyl (C=O) groups is 1. The number of aryl methyl sites for hydroxylation is 2. The number of fused-ring (bicyclic) bond motifs is 1. The highest BCUT2D eigenvalue weighted by molar-refractivity contribution is 7.85. The highest BCUT2D eigenvalue weighted by Gasteiger charge is 2.50. The molecule has 0 radical (unpaired) electrons. The number of aldehydes is 1. The average molecular weight is 562 g/mol. The Kier molecular flexibility index (Phi) is 8.54. The lowest BCUT2D eigenvalue weighted by Gasteiger charge is -2.24. The fourth-order valence-electron chi connectivity index (χ4n) is 5.68. The summed E-state index contributed by atoms with van der Waals surface area (Å²) in [6.45, 7) is 1.89. The van der Waals surface area contributed by atoms with Crippen LogP contribution >= 0.6 is 11.6 Å². The number of nitrogens with two attached hydrogens (primary N) is 1. The van der Waals surface area contributed by atoms with Crippen LogP contribution in [-0.4, -0.2) is 48.8 Å². The highest BCUT2D eigenvalue weighted by Crippen LogP contribution is 2.54. The van der Waals surface area contributed by atoms with Crippen molar-refractivity contribution in [3.8, 4) is 0 Å². The van der Waals surface area contributed by atoms with Crippen LogP contribution in [0.3, 0.4) is 0 Å². The molecule has 204 valence electrons. The Bertz CT molecular complexity index is 1320. The zero-order valence-corrected chi connectivity index (χ0v) is 23.2. The summed E-state index contributed by atoms with van der Waals surface area (Å²) in [6.07, 6.45) is 5.45. The number of anilines is 2. The number of nitrogens with one attached hydrogen (secondary N) is 1. The number of nitrogen functional groups attached to an aromatic ring is 1. The van der Waals surface area contributed by atoms with Crippen molar-refractivity contribution in [2.45, 2.75) is 49.0 Å². The van der Waals surface area contributed by atoms with Crippen LogP contribution in [0.15, 0.2) is 41.4 Å². The molecular weight excluding hydrogens is 529 g/mol. The Labute approximate surface area is 229 Å². The number of nitrogens with zero attached hydrogens (tertiary/aromatic N) is 3. The number of benzene rings is 1. The van der Waals surface area contributed by atoms with Gasteiger partial charge in [-0.3, -0.25) is 18.7 Å². The monoisotopic (exact) mass is 561 g/mol. The Morgan fingerprint density at radius 3 is 2.53 bits per heavy atom. The number of carbonyl (C=O) groups excluding carboxylic acids is 1. The predicted octanol–water partition coefficient (Wildman–Crippen LogP) is 4.48. The van der Waals surface area contributed by atoms with Crippen molar-refractivity contribution in [1.29, 1.82) is 0 Å². The Morgan fingerprint density at radius 1 is 1.29 bits per heavy atom. The van der Waals surface area contributed by atoms with E-state index in [1.165, 1.54) is 12.1 Å². The molecule has 0 bridgehead atoms. The van der Waals surface area contributed by atoms with Crippen LogP contribution < -0.4 is 11.1 Å². The van der Waals surface area contributed by atoms with Gasteiger partial charge in [0, 0.05) is 37.6 Å². The molecule has 8 nitrogen and oxygen atoms in total. The van der Waals surface area contributed by atoms with Gasteiger partial charge in [-0.15, -0.1) is 0 Å². The summed E-state index contributed by atoms with van der Waals surface area (Å²) in [5.74, 6) is 1.15. The summed E-state index contributed by atoms with van der Waals surface area (Å²) in [4.78, 5) is 16.3. The molecule has 3 atom stereocenters. The SMILES string of the molecule is CNc1ccc(F)c(Cl)c1.Cc1ccc(S(=O)CC2(O)CC3CC(c4nn(C)c(N)c4C=O)CC3C2)cn1. The van der Waals surface area contributed by atoms with E-state index in [9.17, 15) is 18.5 Å². The van der Waals surface area contributed by atoms with Crippen LogP contribution in [0.4, 0.5) is 15.9 Å². The molecule has 2 heterocycles. The summed E-state index contributed by atoms with van der Waals surface area (Å²) in [7, 11) is 2.23. The van der Waals surface area contributed by atoms with Gasteiger partial charge in [0.05, 0.1) is 43.3 Å². The third kappa shape index (κ3) is 6.08. The van der Waals surface area contributed by atoms with Crippen LogP contribution in [-0.2, 0) is 17.8 Å². The lowest BCUT2D eigenvalue weighted by atomic mass is 9.93. The molecule has 0 amide bonds. The largest absolute Gasteiger partial charge is 0.389 e. The van der Waals surface area contributed by atoms with Gasteiger partial charge in [-0.2, -0.15) is 5.10 Å². The molecule has 3 aromatic rings. The molecule has 11 heteroatoms. The minimum Gasteiger partial charge on any atom is -0.389 e. The molecule has 2 aliphatic carbocycles. The molecule has 1 aromatic carbocycles. The zero-order chi connectivity index (χ0) is 27.6. The number of pyridine rings is 1.